The number of carboxylic acids is 1. The second-order valence-electron chi connectivity index (χ2n) is 6.20. The van der Waals surface area contributed by atoms with Gasteiger partial charge >= 0.3 is 5.97 Å². The number of nitrogens with one attached hydrogen (secondary N) is 1. The first-order valence-corrected chi connectivity index (χ1v) is 9.73. The molecule has 0 amide bonds. The Balaban J connectivity index is 2.10. The fraction of sp³-hybridized carbons (Fsp3) is 0.0500. The average Bonchev–Trinajstić information content (AvgIpc) is 2.66. The van der Waals surface area contributed by atoms with Crippen LogP contribution in [0.25, 0.3) is 11.1 Å². The van der Waals surface area contributed by atoms with Crippen LogP contribution in [0.1, 0.15) is 15.9 Å². The highest BCUT2D eigenvalue weighted by Crippen LogP contribution is 2.34. The van der Waals surface area contributed by atoms with E-state index in [4.69, 9.17) is 5.11 Å². The summed E-state index contributed by atoms with van der Waals surface area (Å²) in [5.74, 6) is -4.11. The van der Waals surface area contributed by atoms with E-state index in [0.717, 1.165) is 24.3 Å². The number of sulfonamides is 1. The quantitative estimate of drug-likeness (QED) is 0.577. The van der Waals surface area contributed by atoms with Crippen molar-refractivity contribution in [2.75, 3.05) is 4.72 Å². The Morgan fingerprint density at radius 2 is 1.69 bits per heavy atom. The molecule has 3 N–H and O–H groups in total. The van der Waals surface area contributed by atoms with Crippen LogP contribution in [0.4, 0.5) is 14.5 Å². The van der Waals surface area contributed by atoms with E-state index in [1.54, 1.807) is 18.2 Å². The van der Waals surface area contributed by atoms with E-state index in [9.17, 15) is 27.1 Å². The molecule has 29 heavy (non-hydrogen) atoms. The van der Waals surface area contributed by atoms with Gasteiger partial charge in [0.05, 0.1) is 16.8 Å². The van der Waals surface area contributed by atoms with E-state index < -0.39 is 49.5 Å². The van der Waals surface area contributed by atoms with Crippen LogP contribution in [0, 0.1) is 18.6 Å². The van der Waals surface area contributed by atoms with Crippen LogP contribution in [0.5, 0.6) is 5.75 Å². The lowest BCUT2D eigenvalue weighted by atomic mass is 10.0. The van der Waals surface area contributed by atoms with Crippen molar-refractivity contribution in [1.29, 1.82) is 0 Å². The van der Waals surface area contributed by atoms with Crippen LogP contribution >= 0.6 is 0 Å². The summed E-state index contributed by atoms with van der Waals surface area (Å²) < 4.78 is 56.5. The number of anilines is 1. The molecular formula is C20H15F2NO5S. The number of carboxylic acid groups (broad SMARTS) is 1. The minimum Gasteiger partial charge on any atom is -0.506 e. The molecule has 0 bridgehead atoms. The van der Waals surface area contributed by atoms with Gasteiger partial charge in [-0.15, -0.1) is 0 Å². The van der Waals surface area contributed by atoms with E-state index in [-0.39, 0.29) is 16.7 Å². The van der Waals surface area contributed by atoms with Gasteiger partial charge in [-0.25, -0.2) is 22.0 Å². The molecule has 0 atom stereocenters. The van der Waals surface area contributed by atoms with E-state index in [1.165, 1.54) is 19.1 Å². The lowest BCUT2D eigenvalue weighted by molar-refractivity contribution is 0.0696. The van der Waals surface area contributed by atoms with E-state index in [2.05, 4.69) is 0 Å². The molecule has 0 aliphatic heterocycles. The van der Waals surface area contributed by atoms with Gasteiger partial charge in [0, 0.05) is 0 Å². The third-order valence-electron chi connectivity index (χ3n) is 4.20. The highest BCUT2D eigenvalue weighted by Gasteiger charge is 2.25. The Morgan fingerprint density at radius 1 is 1.03 bits per heavy atom. The summed E-state index contributed by atoms with van der Waals surface area (Å²) >= 11 is 0. The predicted octanol–water partition coefficient (Wildman–Crippen LogP) is 4.14. The Bertz CT molecular complexity index is 1210. The van der Waals surface area contributed by atoms with Crippen LogP contribution in [-0.4, -0.2) is 24.6 Å². The summed E-state index contributed by atoms with van der Waals surface area (Å²) in [7, 11) is -4.58. The Kier molecular flexibility index (Phi) is 5.25. The lowest BCUT2D eigenvalue weighted by Crippen LogP contribution is -2.16. The second-order valence-corrected chi connectivity index (χ2v) is 7.85. The number of aromatic hydroxyl groups is 1. The van der Waals surface area contributed by atoms with E-state index in [1.807, 2.05) is 4.72 Å². The normalized spacial score (nSPS) is 11.3. The van der Waals surface area contributed by atoms with Crippen molar-refractivity contribution in [3.05, 3.63) is 77.4 Å². The molecule has 0 fully saturated rings. The smallest absolute Gasteiger partial charge is 0.335 e. The summed E-state index contributed by atoms with van der Waals surface area (Å²) in [6.45, 7) is 1.33. The van der Waals surface area contributed by atoms with Crippen LogP contribution in [0.15, 0.2) is 59.5 Å². The molecule has 0 unspecified atom stereocenters. The lowest BCUT2D eigenvalue weighted by Gasteiger charge is -2.14. The molecule has 3 aromatic carbocycles. The molecule has 3 aromatic rings. The first kappa shape index (κ1) is 20.3. The molecule has 0 aliphatic rings. The van der Waals surface area contributed by atoms with Crippen molar-refractivity contribution in [3.8, 4) is 16.9 Å². The zero-order valence-corrected chi connectivity index (χ0v) is 15.8. The maximum absolute atomic E-state index is 14.9. The van der Waals surface area contributed by atoms with Gasteiger partial charge in [0.15, 0.2) is 5.82 Å². The highest BCUT2D eigenvalue weighted by atomic mass is 32.2. The molecule has 0 aromatic heterocycles. The summed E-state index contributed by atoms with van der Waals surface area (Å²) in [5, 5.41) is 19.2. The number of carbonyl (C=O) groups is 1. The van der Waals surface area contributed by atoms with Crippen molar-refractivity contribution in [2.24, 2.45) is 0 Å². The SMILES string of the molecule is Cc1cc(C(=O)O)cc(S(=O)(=O)Nc2ccc(F)c(-c3ccccc3)c2F)c1O. The molecule has 9 heteroatoms. The Labute approximate surface area is 165 Å². The topological polar surface area (TPSA) is 104 Å². The fourth-order valence-corrected chi connectivity index (χ4v) is 4.03. The maximum Gasteiger partial charge on any atom is 0.335 e. The standard InChI is InChI=1S/C20H15F2NO5S/c1-11-9-13(20(25)26)10-16(19(11)24)29(27,28)23-15-8-7-14(21)17(18(15)22)12-5-3-2-4-6-12/h2-10,23-24H,1H3,(H,25,26). The van der Waals surface area contributed by atoms with Crippen molar-refractivity contribution < 1.29 is 32.2 Å². The van der Waals surface area contributed by atoms with Gasteiger partial charge in [0.25, 0.3) is 10.0 Å². The van der Waals surface area contributed by atoms with E-state index in [0.29, 0.717) is 0 Å². The number of phenolic OH excluding ortho intramolecular Hbond substituents is 1. The molecule has 0 saturated carbocycles. The zero-order valence-electron chi connectivity index (χ0n) is 15.0. The zero-order chi connectivity index (χ0) is 21.3. The number of aryl methyl sites for hydroxylation is 1. The van der Waals surface area contributed by atoms with Gasteiger partial charge in [-0.3, -0.25) is 4.72 Å². The largest absolute Gasteiger partial charge is 0.506 e. The number of rotatable bonds is 5. The van der Waals surface area contributed by atoms with Crippen LogP contribution < -0.4 is 4.72 Å². The summed E-state index contributed by atoms with van der Waals surface area (Å²) in [6, 6.07) is 11.4. The molecule has 0 spiro atoms. The molecule has 0 radical (unpaired) electrons. The second kappa shape index (κ2) is 7.51. The number of phenols is 1. The van der Waals surface area contributed by atoms with Gasteiger partial charge in [-0.1, -0.05) is 30.3 Å². The molecule has 0 saturated heterocycles. The van der Waals surface area contributed by atoms with Crippen molar-refractivity contribution in [1.82, 2.24) is 0 Å². The Hall–Kier alpha value is -3.46. The van der Waals surface area contributed by atoms with Gasteiger partial charge in [-0.2, -0.15) is 0 Å². The average molecular weight is 419 g/mol. The summed E-state index contributed by atoms with van der Waals surface area (Å²) in [4.78, 5) is 10.5. The third-order valence-corrected chi connectivity index (χ3v) is 5.58. The number of hydrogen-bond donors (Lipinski definition) is 3. The number of halogens is 2. The van der Waals surface area contributed by atoms with Crippen LogP contribution in [0.3, 0.4) is 0 Å². The molecular weight excluding hydrogens is 404 g/mol. The van der Waals surface area contributed by atoms with Crippen molar-refractivity contribution in [2.45, 2.75) is 11.8 Å². The van der Waals surface area contributed by atoms with Gasteiger partial charge in [0.1, 0.15) is 16.5 Å². The molecule has 0 heterocycles. The van der Waals surface area contributed by atoms with Gasteiger partial charge in [0.2, 0.25) is 0 Å². The minimum absolute atomic E-state index is 0.00910. The molecule has 0 aliphatic carbocycles. The summed E-state index contributed by atoms with van der Waals surface area (Å²) in [5.41, 5.74) is -1.14. The van der Waals surface area contributed by atoms with Crippen molar-refractivity contribution in [3.63, 3.8) is 0 Å². The molecule has 3 rings (SSSR count). The first-order chi connectivity index (χ1) is 13.6. The minimum atomic E-state index is -4.58. The Morgan fingerprint density at radius 3 is 2.31 bits per heavy atom. The fourth-order valence-electron chi connectivity index (χ4n) is 2.78. The maximum atomic E-state index is 14.9. The van der Waals surface area contributed by atoms with E-state index >= 15 is 0 Å². The third kappa shape index (κ3) is 3.90. The van der Waals surface area contributed by atoms with Crippen LogP contribution in [-0.2, 0) is 10.0 Å². The molecule has 150 valence electrons. The number of aromatic carboxylic acids is 1. The first-order valence-electron chi connectivity index (χ1n) is 8.25. The molecule has 6 nitrogen and oxygen atoms in total. The monoisotopic (exact) mass is 419 g/mol. The number of hydrogen-bond acceptors (Lipinski definition) is 4. The van der Waals surface area contributed by atoms with Crippen molar-refractivity contribution >= 4 is 21.7 Å². The number of benzene rings is 3. The van der Waals surface area contributed by atoms with Crippen LogP contribution in [0.2, 0.25) is 0 Å². The van der Waals surface area contributed by atoms with Gasteiger partial charge in [-0.05, 0) is 42.3 Å². The summed E-state index contributed by atoms with van der Waals surface area (Å²) in [6.07, 6.45) is 0. The predicted molar refractivity (Wildman–Crippen MR) is 102 cm³/mol. The highest BCUT2D eigenvalue weighted by molar-refractivity contribution is 7.92. The van der Waals surface area contributed by atoms with Gasteiger partial charge < -0.3 is 10.2 Å².